The largest absolute Gasteiger partial charge is 0.314 e. The van der Waals surface area contributed by atoms with E-state index in [0.29, 0.717) is 0 Å². The molecule has 2 unspecified atom stereocenters. The van der Waals surface area contributed by atoms with Gasteiger partial charge in [-0.3, -0.25) is 0 Å². The molecule has 3 heteroatoms. The monoisotopic (exact) mass is 242 g/mol. The van der Waals surface area contributed by atoms with Crippen molar-refractivity contribution in [1.82, 2.24) is 10.2 Å². The second-order valence-electron chi connectivity index (χ2n) is 5.47. The molecular formula is C13H26N2S. The summed E-state index contributed by atoms with van der Waals surface area (Å²) >= 11 is 1.99. The molecule has 1 saturated carbocycles. The van der Waals surface area contributed by atoms with Crippen molar-refractivity contribution in [3.05, 3.63) is 0 Å². The van der Waals surface area contributed by atoms with Gasteiger partial charge >= 0.3 is 0 Å². The van der Waals surface area contributed by atoms with Crippen molar-refractivity contribution in [2.75, 3.05) is 32.4 Å². The van der Waals surface area contributed by atoms with Gasteiger partial charge in [-0.05, 0) is 57.5 Å². The molecule has 16 heavy (non-hydrogen) atoms. The molecule has 2 rings (SSSR count). The SMILES string of the molecule is CSC(C)CCN1CCC(CNC2CC2)C1. The topological polar surface area (TPSA) is 15.3 Å². The Hall–Kier alpha value is 0.270. The van der Waals surface area contributed by atoms with Crippen LogP contribution in [0.4, 0.5) is 0 Å². The predicted molar refractivity (Wildman–Crippen MR) is 73.2 cm³/mol. The second kappa shape index (κ2) is 6.27. The van der Waals surface area contributed by atoms with Crippen LogP contribution in [0.25, 0.3) is 0 Å². The number of hydrogen-bond acceptors (Lipinski definition) is 3. The van der Waals surface area contributed by atoms with E-state index in [9.17, 15) is 0 Å². The number of likely N-dealkylation sites (tertiary alicyclic amines) is 1. The summed E-state index contributed by atoms with van der Waals surface area (Å²) in [6.07, 6.45) is 7.82. The predicted octanol–water partition coefficient (Wildman–Crippen LogP) is 2.20. The molecule has 0 spiro atoms. The van der Waals surface area contributed by atoms with Crippen molar-refractivity contribution < 1.29 is 0 Å². The average Bonchev–Trinajstić information content (AvgIpc) is 3.02. The van der Waals surface area contributed by atoms with Crippen LogP contribution in [0.15, 0.2) is 0 Å². The molecule has 0 aromatic carbocycles. The Bertz CT molecular complexity index is 206. The fourth-order valence-electron chi connectivity index (χ4n) is 2.39. The minimum absolute atomic E-state index is 0.823. The van der Waals surface area contributed by atoms with Gasteiger partial charge in [0, 0.05) is 17.8 Å². The molecule has 1 saturated heterocycles. The van der Waals surface area contributed by atoms with Gasteiger partial charge in [0.25, 0.3) is 0 Å². The van der Waals surface area contributed by atoms with E-state index in [1.807, 2.05) is 11.8 Å². The van der Waals surface area contributed by atoms with Gasteiger partial charge in [-0.25, -0.2) is 0 Å². The zero-order valence-electron chi connectivity index (χ0n) is 10.7. The summed E-state index contributed by atoms with van der Waals surface area (Å²) in [7, 11) is 0. The maximum absolute atomic E-state index is 3.66. The summed E-state index contributed by atoms with van der Waals surface area (Å²) in [6, 6.07) is 0.880. The highest BCUT2D eigenvalue weighted by atomic mass is 32.2. The molecule has 2 fully saturated rings. The van der Waals surface area contributed by atoms with Gasteiger partial charge in [0.2, 0.25) is 0 Å². The van der Waals surface area contributed by atoms with Gasteiger partial charge in [0.05, 0.1) is 0 Å². The standard InChI is InChI=1S/C13H26N2S/c1-11(16-2)5-7-15-8-6-12(10-15)9-14-13-3-4-13/h11-14H,3-10H2,1-2H3. The lowest BCUT2D eigenvalue weighted by Crippen LogP contribution is -2.28. The molecule has 0 radical (unpaired) electrons. The van der Waals surface area contributed by atoms with Crippen LogP contribution in [0.1, 0.15) is 32.6 Å². The molecule has 1 aliphatic carbocycles. The zero-order chi connectivity index (χ0) is 11.4. The number of thioether (sulfide) groups is 1. The van der Waals surface area contributed by atoms with Crippen LogP contribution in [0.3, 0.4) is 0 Å². The lowest BCUT2D eigenvalue weighted by molar-refractivity contribution is 0.317. The minimum Gasteiger partial charge on any atom is -0.314 e. The maximum atomic E-state index is 3.66. The molecule has 0 aromatic heterocycles. The van der Waals surface area contributed by atoms with Gasteiger partial charge in [-0.1, -0.05) is 6.92 Å². The zero-order valence-corrected chi connectivity index (χ0v) is 11.6. The van der Waals surface area contributed by atoms with Gasteiger partial charge in [-0.15, -0.1) is 0 Å². The Morgan fingerprint density at radius 3 is 2.88 bits per heavy atom. The Balaban J connectivity index is 1.55. The molecule has 0 bridgehead atoms. The van der Waals surface area contributed by atoms with E-state index in [-0.39, 0.29) is 0 Å². The molecule has 1 heterocycles. The Labute approximate surface area is 105 Å². The molecular weight excluding hydrogens is 216 g/mol. The van der Waals surface area contributed by atoms with Crippen molar-refractivity contribution in [1.29, 1.82) is 0 Å². The van der Waals surface area contributed by atoms with E-state index >= 15 is 0 Å². The molecule has 2 aliphatic rings. The van der Waals surface area contributed by atoms with Crippen LogP contribution in [-0.2, 0) is 0 Å². The third-order valence-electron chi connectivity index (χ3n) is 3.90. The molecule has 94 valence electrons. The van der Waals surface area contributed by atoms with Crippen molar-refractivity contribution in [2.45, 2.75) is 43.9 Å². The molecule has 0 aromatic rings. The number of nitrogens with zero attached hydrogens (tertiary/aromatic N) is 1. The highest BCUT2D eigenvalue weighted by molar-refractivity contribution is 7.99. The Kier molecular flexibility index (Phi) is 4.98. The summed E-state index contributed by atoms with van der Waals surface area (Å²) in [5.74, 6) is 0.921. The first-order valence-corrected chi connectivity index (χ1v) is 8.05. The highest BCUT2D eigenvalue weighted by Gasteiger charge is 2.26. The number of nitrogens with one attached hydrogen (secondary N) is 1. The molecule has 2 nitrogen and oxygen atoms in total. The number of rotatable bonds is 7. The van der Waals surface area contributed by atoms with Gasteiger partial charge in [0.15, 0.2) is 0 Å². The van der Waals surface area contributed by atoms with Gasteiger partial charge in [-0.2, -0.15) is 11.8 Å². The number of hydrogen-bond donors (Lipinski definition) is 1. The van der Waals surface area contributed by atoms with E-state index in [0.717, 1.165) is 17.2 Å². The molecule has 2 atom stereocenters. The lowest BCUT2D eigenvalue weighted by atomic mass is 10.1. The minimum atomic E-state index is 0.823. The fraction of sp³-hybridized carbons (Fsp3) is 1.00. The summed E-state index contributed by atoms with van der Waals surface area (Å²) < 4.78 is 0. The summed E-state index contributed by atoms with van der Waals surface area (Å²) in [5.41, 5.74) is 0. The van der Waals surface area contributed by atoms with E-state index in [1.54, 1.807) is 0 Å². The molecule has 1 aliphatic heterocycles. The van der Waals surface area contributed by atoms with Crippen molar-refractivity contribution in [3.63, 3.8) is 0 Å². The summed E-state index contributed by atoms with van der Waals surface area (Å²) in [5, 5.41) is 4.49. The first kappa shape index (κ1) is 12.7. The van der Waals surface area contributed by atoms with Crippen molar-refractivity contribution in [2.24, 2.45) is 5.92 Å². The summed E-state index contributed by atoms with van der Waals surface area (Å²) in [4.78, 5) is 2.66. The van der Waals surface area contributed by atoms with Gasteiger partial charge < -0.3 is 10.2 Å². The Morgan fingerprint density at radius 1 is 1.38 bits per heavy atom. The van der Waals surface area contributed by atoms with Crippen LogP contribution in [0.5, 0.6) is 0 Å². The van der Waals surface area contributed by atoms with E-state index in [1.165, 1.54) is 51.9 Å². The molecule has 1 N–H and O–H groups in total. The lowest BCUT2D eigenvalue weighted by Gasteiger charge is -2.18. The van der Waals surface area contributed by atoms with Crippen LogP contribution in [0, 0.1) is 5.92 Å². The first-order valence-electron chi connectivity index (χ1n) is 6.76. The summed E-state index contributed by atoms with van der Waals surface area (Å²) in [6.45, 7) is 7.58. The van der Waals surface area contributed by atoms with Crippen LogP contribution in [0.2, 0.25) is 0 Å². The second-order valence-corrected chi connectivity index (χ2v) is 6.75. The van der Waals surface area contributed by atoms with Crippen molar-refractivity contribution in [3.8, 4) is 0 Å². The van der Waals surface area contributed by atoms with E-state index in [4.69, 9.17) is 0 Å². The third-order valence-corrected chi connectivity index (χ3v) is 4.94. The molecule has 0 amide bonds. The highest BCUT2D eigenvalue weighted by Crippen LogP contribution is 2.22. The normalized spacial score (nSPS) is 28.5. The van der Waals surface area contributed by atoms with Crippen molar-refractivity contribution >= 4 is 11.8 Å². The van der Waals surface area contributed by atoms with E-state index < -0.39 is 0 Å². The maximum Gasteiger partial charge on any atom is 0.00683 e. The third kappa shape index (κ3) is 4.27. The van der Waals surface area contributed by atoms with Crippen LogP contribution >= 0.6 is 11.8 Å². The first-order chi connectivity index (χ1) is 7.78. The Morgan fingerprint density at radius 2 is 2.19 bits per heavy atom. The van der Waals surface area contributed by atoms with Gasteiger partial charge in [0.1, 0.15) is 0 Å². The fourth-order valence-corrected chi connectivity index (χ4v) is 2.73. The quantitative estimate of drug-likeness (QED) is 0.737. The average molecular weight is 242 g/mol. The smallest absolute Gasteiger partial charge is 0.00683 e. The van der Waals surface area contributed by atoms with Crippen LogP contribution < -0.4 is 5.32 Å². The van der Waals surface area contributed by atoms with E-state index in [2.05, 4.69) is 23.4 Å². The van der Waals surface area contributed by atoms with Crippen LogP contribution in [-0.4, -0.2) is 48.6 Å².